The van der Waals surface area contributed by atoms with E-state index in [-0.39, 0.29) is 24.5 Å². The number of hydrogen-bond donors (Lipinski definition) is 1. The number of carbonyl (C=O) groups is 2. The van der Waals surface area contributed by atoms with Gasteiger partial charge in [0, 0.05) is 23.3 Å². The van der Waals surface area contributed by atoms with Crippen molar-refractivity contribution in [3.05, 3.63) is 34.3 Å². The number of nitrogens with one attached hydrogen (secondary N) is 1. The lowest BCUT2D eigenvalue weighted by Gasteiger charge is -2.09. The first kappa shape index (κ1) is 19.4. The normalized spacial score (nSPS) is 13.4. The van der Waals surface area contributed by atoms with Gasteiger partial charge in [0.2, 0.25) is 5.91 Å². The third kappa shape index (κ3) is 4.86. The summed E-state index contributed by atoms with van der Waals surface area (Å²) in [6, 6.07) is 5.01. The van der Waals surface area contributed by atoms with Crippen molar-refractivity contribution in [2.45, 2.75) is 44.9 Å². The summed E-state index contributed by atoms with van der Waals surface area (Å²) in [6.45, 7) is 0. The first-order chi connectivity index (χ1) is 13.1. The average molecular weight is 388 g/mol. The van der Waals surface area contributed by atoms with Crippen molar-refractivity contribution in [3.63, 3.8) is 0 Å². The molecule has 0 atom stereocenters. The molecule has 27 heavy (non-hydrogen) atoms. The Morgan fingerprint density at radius 3 is 2.63 bits per heavy atom. The predicted molar refractivity (Wildman–Crippen MR) is 105 cm³/mol. The molecule has 1 N–H and O–H groups in total. The lowest BCUT2D eigenvalue weighted by atomic mass is 10.1. The minimum absolute atomic E-state index is 0.110. The lowest BCUT2D eigenvalue weighted by Crippen LogP contribution is -2.13. The van der Waals surface area contributed by atoms with Crippen molar-refractivity contribution in [2.24, 2.45) is 0 Å². The minimum Gasteiger partial charge on any atom is -0.493 e. The van der Waals surface area contributed by atoms with Gasteiger partial charge in [-0.05, 0) is 43.9 Å². The fourth-order valence-electron chi connectivity index (χ4n) is 3.15. The van der Waals surface area contributed by atoms with Crippen LogP contribution in [0.5, 0.6) is 11.5 Å². The second kappa shape index (κ2) is 8.99. The van der Waals surface area contributed by atoms with E-state index in [9.17, 15) is 9.59 Å². The van der Waals surface area contributed by atoms with E-state index in [4.69, 9.17) is 9.47 Å². The van der Waals surface area contributed by atoms with Gasteiger partial charge in [-0.15, -0.1) is 11.3 Å². The fourth-order valence-corrected chi connectivity index (χ4v) is 4.21. The zero-order valence-corrected chi connectivity index (χ0v) is 16.5. The van der Waals surface area contributed by atoms with Crippen LogP contribution in [0.25, 0.3) is 0 Å². The molecule has 144 valence electrons. The smallest absolute Gasteiger partial charge is 0.226 e. The van der Waals surface area contributed by atoms with Crippen LogP contribution in [0, 0.1) is 0 Å². The van der Waals surface area contributed by atoms with Crippen LogP contribution in [-0.4, -0.2) is 30.9 Å². The number of aromatic nitrogens is 1. The molecule has 1 aliphatic rings. The van der Waals surface area contributed by atoms with Gasteiger partial charge in [0.05, 0.1) is 19.9 Å². The molecule has 1 aromatic carbocycles. The van der Waals surface area contributed by atoms with Gasteiger partial charge in [0.25, 0.3) is 0 Å². The minimum atomic E-state index is -0.187. The molecule has 1 amide bonds. The van der Waals surface area contributed by atoms with Gasteiger partial charge < -0.3 is 14.8 Å². The summed E-state index contributed by atoms with van der Waals surface area (Å²) in [7, 11) is 3.07. The van der Waals surface area contributed by atoms with Crippen LogP contribution < -0.4 is 14.8 Å². The van der Waals surface area contributed by atoms with E-state index in [0.29, 0.717) is 22.2 Å². The van der Waals surface area contributed by atoms with Gasteiger partial charge >= 0.3 is 0 Å². The van der Waals surface area contributed by atoms with E-state index >= 15 is 0 Å². The molecule has 0 saturated carbocycles. The molecule has 0 saturated heterocycles. The second-order valence-corrected chi connectivity index (χ2v) is 7.57. The summed E-state index contributed by atoms with van der Waals surface area (Å²) in [5.41, 5.74) is 1.62. The highest BCUT2D eigenvalue weighted by Gasteiger charge is 2.17. The number of Topliss-reactive ketones (excluding diaryl/α,β-unsaturated/α-hetero) is 1. The zero-order chi connectivity index (χ0) is 19.2. The van der Waals surface area contributed by atoms with E-state index in [2.05, 4.69) is 10.3 Å². The monoisotopic (exact) mass is 388 g/mol. The maximum Gasteiger partial charge on any atom is 0.226 e. The number of nitrogens with zero attached hydrogens (tertiary/aromatic N) is 1. The molecule has 7 heteroatoms. The van der Waals surface area contributed by atoms with Crippen molar-refractivity contribution in [2.75, 3.05) is 19.5 Å². The third-order valence-electron chi connectivity index (χ3n) is 4.63. The Hall–Kier alpha value is -2.41. The highest BCUT2D eigenvalue weighted by atomic mass is 32.1. The summed E-state index contributed by atoms with van der Waals surface area (Å²) >= 11 is 1.56. The maximum absolute atomic E-state index is 12.4. The van der Waals surface area contributed by atoms with Crippen molar-refractivity contribution < 1.29 is 19.1 Å². The summed E-state index contributed by atoms with van der Waals surface area (Å²) < 4.78 is 10.4. The number of thiazole rings is 1. The molecule has 0 fully saturated rings. The summed E-state index contributed by atoms with van der Waals surface area (Å²) in [5.74, 6) is 0.765. The van der Waals surface area contributed by atoms with E-state index < -0.39 is 0 Å². The van der Waals surface area contributed by atoms with E-state index in [1.165, 1.54) is 24.8 Å². The van der Waals surface area contributed by atoms with Crippen LogP contribution in [0.15, 0.2) is 18.2 Å². The number of aryl methyl sites for hydroxylation is 2. The van der Waals surface area contributed by atoms with Gasteiger partial charge in [-0.2, -0.15) is 0 Å². The van der Waals surface area contributed by atoms with Gasteiger partial charge in [-0.1, -0.05) is 6.42 Å². The standard InChI is InChI=1S/C20H24N2O4S/c1-25-16-10-8-13(12-17(16)26-2)15(23)9-11-19(24)22-20-21-14-6-4-3-5-7-18(14)27-20/h8,10,12H,3-7,9,11H2,1-2H3,(H,21,22,24). The summed E-state index contributed by atoms with van der Waals surface area (Å²) in [5, 5.41) is 3.48. The molecule has 0 aliphatic heterocycles. The van der Waals surface area contributed by atoms with Gasteiger partial charge in [-0.3, -0.25) is 9.59 Å². The van der Waals surface area contributed by atoms with Gasteiger partial charge in [-0.25, -0.2) is 4.98 Å². The van der Waals surface area contributed by atoms with E-state index in [1.54, 1.807) is 36.6 Å². The highest BCUT2D eigenvalue weighted by Crippen LogP contribution is 2.30. The topological polar surface area (TPSA) is 77.5 Å². The first-order valence-corrected chi connectivity index (χ1v) is 9.96. The van der Waals surface area contributed by atoms with Crippen molar-refractivity contribution in [1.29, 1.82) is 0 Å². The molecule has 2 aromatic rings. The van der Waals surface area contributed by atoms with Crippen LogP contribution in [0.3, 0.4) is 0 Å². The molecule has 1 heterocycles. The van der Waals surface area contributed by atoms with Crippen LogP contribution >= 0.6 is 11.3 Å². The molecule has 3 rings (SSSR count). The fraction of sp³-hybridized carbons (Fsp3) is 0.450. The number of methoxy groups -OCH3 is 2. The number of fused-ring (bicyclic) bond motifs is 1. The molecule has 0 radical (unpaired) electrons. The number of hydrogen-bond acceptors (Lipinski definition) is 6. The van der Waals surface area contributed by atoms with Crippen LogP contribution in [0.1, 0.15) is 53.0 Å². The molecule has 1 aromatic heterocycles. The Kier molecular flexibility index (Phi) is 6.45. The highest BCUT2D eigenvalue weighted by molar-refractivity contribution is 7.15. The molecule has 0 bridgehead atoms. The SMILES string of the molecule is COc1ccc(C(=O)CCC(=O)Nc2nc3c(s2)CCCCC3)cc1OC. The Labute approximate surface area is 162 Å². The molecule has 0 unspecified atom stereocenters. The van der Waals surface area contributed by atoms with Crippen molar-refractivity contribution >= 4 is 28.2 Å². The number of anilines is 1. The van der Waals surface area contributed by atoms with Crippen molar-refractivity contribution in [3.8, 4) is 11.5 Å². The summed E-state index contributed by atoms with van der Waals surface area (Å²) in [4.78, 5) is 30.4. The molecule has 0 spiro atoms. The number of amides is 1. The lowest BCUT2D eigenvalue weighted by molar-refractivity contribution is -0.116. The first-order valence-electron chi connectivity index (χ1n) is 9.14. The Morgan fingerprint density at radius 2 is 1.85 bits per heavy atom. The van der Waals surface area contributed by atoms with E-state index in [0.717, 1.165) is 25.0 Å². The number of carbonyl (C=O) groups excluding carboxylic acids is 2. The number of rotatable bonds is 7. The largest absolute Gasteiger partial charge is 0.493 e. The van der Waals surface area contributed by atoms with Gasteiger partial charge in [0.1, 0.15) is 0 Å². The molecular formula is C20H24N2O4S. The second-order valence-electron chi connectivity index (χ2n) is 6.49. The molecular weight excluding hydrogens is 364 g/mol. The van der Waals surface area contributed by atoms with Crippen molar-refractivity contribution in [1.82, 2.24) is 4.98 Å². The predicted octanol–water partition coefficient (Wildman–Crippen LogP) is 4.03. The zero-order valence-electron chi connectivity index (χ0n) is 15.7. The Morgan fingerprint density at radius 1 is 1.07 bits per heavy atom. The number of ether oxygens (including phenoxy) is 2. The van der Waals surface area contributed by atoms with Crippen LogP contribution in [0.4, 0.5) is 5.13 Å². The maximum atomic E-state index is 12.4. The van der Waals surface area contributed by atoms with Crippen LogP contribution in [0.2, 0.25) is 0 Å². The molecule has 6 nitrogen and oxygen atoms in total. The Bertz CT molecular complexity index is 808. The third-order valence-corrected chi connectivity index (χ3v) is 5.70. The number of benzene rings is 1. The van der Waals surface area contributed by atoms with Crippen LogP contribution in [-0.2, 0) is 17.6 Å². The molecule has 1 aliphatic carbocycles. The number of ketones is 1. The van der Waals surface area contributed by atoms with Gasteiger partial charge in [0.15, 0.2) is 22.4 Å². The quantitative estimate of drug-likeness (QED) is 0.572. The van der Waals surface area contributed by atoms with E-state index in [1.807, 2.05) is 0 Å². The summed E-state index contributed by atoms with van der Waals surface area (Å²) in [6.07, 6.45) is 5.86. The average Bonchev–Trinajstić information content (AvgIpc) is 2.93. The Balaban J connectivity index is 1.55.